The van der Waals surface area contributed by atoms with Crippen molar-refractivity contribution >= 4 is 33.4 Å². The first-order chi connectivity index (χ1) is 16.4. The summed E-state index contributed by atoms with van der Waals surface area (Å²) in [5, 5.41) is 11.1. The Hall–Kier alpha value is -3.58. The highest BCUT2D eigenvalue weighted by Crippen LogP contribution is 2.40. The van der Waals surface area contributed by atoms with Gasteiger partial charge in [-0.1, -0.05) is 52.3 Å². The Morgan fingerprint density at radius 2 is 1.56 bits per heavy atom. The van der Waals surface area contributed by atoms with Crippen molar-refractivity contribution in [2.24, 2.45) is 0 Å². The molecule has 1 saturated heterocycles. The van der Waals surface area contributed by atoms with Crippen LogP contribution in [0.15, 0.2) is 82.8 Å². The lowest BCUT2D eigenvalue weighted by molar-refractivity contribution is -0.140. The Kier molecular flexibility index (Phi) is 7.03. The van der Waals surface area contributed by atoms with E-state index in [0.717, 1.165) is 10.0 Å². The zero-order valence-electron chi connectivity index (χ0n) is 18.8. The molecule has 4 rings (SSSR count). The summed E-state index contributed by atoms with van der Waals surface area (Å²) in [5.41, 5.74) is 2.06. The molecule has 3 aromatic carbocycles. The van der Waals surface area contributed by atoms with Crippen molar-refractivity contribution in [2.45, 2.75) is 19.5 Å². The van der Waals surface area contributed by atoms with Gasteiger partial charge < -0.3 is 19.5 Å². The normalized spacial score (nSPS) is 17.1. The number of carbonyl (C=O) groups excluding carboxylic acids is 2. The molecule has 0 aliphatic carbocycles. The summed E-state index contributed by atoms with van der Waals surface area (Å²) in [6.07, 6.45) is 0. The average Bonchev–Trinajstić information content (AvgIpc) is 3.10. The number of methoxy groups -OCH3 is 1. The van der Waals surface area contributed by atoms with E-state index in [0.29, 0.717) is 29.2 Å². The molecule has 174 valence electrons. The molecule has 3 aromatic rings. The molecule has 1 amide bonds. The van der Waals surface area contributed by atoms with Gasteiger partial charge in [-0.15, -0.1) is 0 Å². The van der Waals surface area contributed by atoms with Crippen molar-refractivity contribution in [1.29, 1.82) is 0 Å². The number of aliphatic hydroxyl groups excluding tert-OH is 1. The van der Waals surface area contributed by atoms with Crippen molar-refractivity contribution in [3.8, 4) is 11.5 Å². The quantitative estimate of drug-likeness (QED) is 0.253. The molecule has 1 aliphatic heterocycles. The predicted molar refractivity (Wildman–Crippen MR) is 133 cm³/mol. The van der Waals surface area contributed by atoms with Gasteiger partial charge in [0.25, 0.3) is 11.7 Å². The van der Waals surface area contributed by atoms with E-state index in [2.05, 4.69) is 15.9 Å². The smallest absolute Gasteiger partial charge is 0.295 e. The largest absolute Gasteiger partial charge is 0.507 e. The summed E-state index contributed by atoms with van der Waals surface area (Å²) in [5.74, 6) is -0.196. The summed E-state index contributed by atoms with van der Waals surface area (Å²) >= 11 is 3.38. The van der Waals surface area contributed by atoms with Crippen LogP contribution in [0.2, 0.25) is 0 Å². The first-order valence-electron chi connectivity index (χ1n) is 10.8. The number of halogens is 1. The standard InChI is InChI=1S/C27H24BrNO5/c1-3-34-22-14-8-18(9-15-22)24-23(25(30)19-6-10-20(28)11-7-19)26(31)27(32)29(24)16-17-4-12-21(33-2)13-5-17/h4-15,24,30H,3,16H2,1-2H3/b25-23-. The van der Waals surface area contributed by atoms with E-state index in [9.17, 15) is 14.7 Å². The van der Waals surface area contributed by atoms with Gasteiger partial charge in [0.05, 0.1) is 25.3 Å². The first-order valence-corrected chi connectivity index (χ1v) is 11.6. The molecule has 0 spiro atoms. The molecule has 1 N–H and O–H groups in total. The molecule has 6 nitrogen and oxygen atoms in total. The Bertz CT molecular complexity index is 1220. The van der Waals surface area contributed by atoms with Crippen molar-refractivity contribution < 1.29 is 24.2 Å². The Balaban J connectivity index is 1.80. The first kappa shape index (κ1) is 23.6. The van der Waals surface area contributed by atoms with Crippen molar-refractivity contribution in [3.63, 3.8) is 0 Å². The molecule has 1 aliphatic rings. The number of ether oxygens (including phenoxy) is 2. The Morgan fingerprint density at radius 3 is 2.15 bits per heavy atom. The highest BCUT2D eigenvalue weighted by Gasteiger charge is 2.46. The molecule has 0 saturated carbocycles. The number of aliphatic hydroxyl groups is 1. The fraction of sp³-hybridized carbons (Fsp3) is 0.185. The van der Waals surface area contributed by atoms with Crippen LogP contribution in [0.1, 0.15) is 29.7 Å². The number of amides is 1. The van der Waals surface area contributed by atoms with E-state index in [4.69, 9.17) is 9.47 Å². The maximum Gasteiger partial charge on any atom is 0.295 e. The van der Waals surface area contributed by atoms with Crippen LogP contribution in [0.25, 0.3) is 5.76 Å². The van der Waals surface area contributed by atoms with Gasteiger partial charge in [-0.25, -0.2) is 0 Å². The van der Waals surface area contributed by atoms with E-state index in [1.54, 1.807) is 55.6 Å². The second-order valence-corrected chi connectivity index (χ2v) is 8.70. The predicted octanol–water partition coefficient (Wildman–Crippen LogP) is 5.48. The molecule has 0 aromatic heterocycles. The molecule has 1 fully saturated rings. The van der Waals surface area contributed by atoms with E-state index in [1.807, 2.05) is 31.2 Å². The summed E-state index contributed by atoms with van der Waals surface area (Å²) in [7, 11) is 1.58. The summed E-state index contributed by atoms with van der Waals surface area (Å²) in [4.78, 5) is 27.8. The highest BCUT2D eigenvalue weighted by molar-refractivity contribution is 9.10. The van der Waals surface area contributed by atoms with Crippen molar-refractivity contribution in [2.75, 3.05) is 13.7 Å². The lowest BCUT2D eigenvalue weighted by atomic mass is 9.95. The van der Waals surface area contributed by atoms with Gasteiger partial charge in [0.1, 0.15) is 17.3 Å². The van der Waals surface area contributed by atoms with E-state index >= 15 is 0 Å². The molecule has 0 bridgehead atoms. The second kappa shape index (κ2) is 10.1. The minimum Gasteiger partial charge on any atom is -0.507 e. The van der Waals surface area contributed by atoms with Gasteiger partial charge in [0.15, 0.2) is 0 Å². The number of carbonyl (C=O) groups is 2. The second-order valence-electron chi connectivity index (χ2n) is 7.78. The number of hydrogen-bond acceptors (Lipinski definition) is 5. The third-order valence-corrected chi connectivity index (χ3v) is 6.21. The third-order valence-electron chi connectivity index (χ3n) is 5.68. The molecule has 0 radical (unpaired) electrons. The molecule has 7 heteroatoms. The maximum absolute atomic E-state index is 13.2. The molecule has 34 heavy (non-hydrogen) atoms. The Labute approximate surface area is 206 Å². The van der Waals surface area contributed by atoms with Crippen LogP contribution < -0.4 is 9.47 Å². The lowest BCUT2D eigenvalue weighted by Crippen LogP contribution is -2.29. The van der Waals surface area contributed by atoms with Crippen LogP contribution in [0, 0.1) is 0 Å². The summed E-state index contributed by atoms with van der Waals surface area (Å²) < 4.78 is 11.6. The van der Waals surface area contributed by atoms with Crippen LogP contribution in [0.5, 0.6) is 11.5 Å². The molecule has 1 heterocycles. The monoisotopic (exact) mass is 521 g/mol. The van der Waals surface area contributed by atoms with Crippen molar-refractivity contribution in [1.82, 2.24) is 4.90 Å². The van der Waals surface area contributed by atoms with E-state index in [1.165, 1.54) is 4.90 Å². The highest BCUT2D eigenvalue weighted by atomic mass is 79.9. The van der Waals surface area contributed by atoms with Crippen LogP contribution in [0.4, 0.5) is 0 Å². The van der Waals surface area contributed by atoms with E-state index < -0.39 is 17.7 Å². The molecular formula is C27H24BrNO5. The van der Waals surface area contributed by atoms with Gasteiger partial charge in [-0.3, -0.25) is 9.59 Å². The van der Waals surface area contributed by atoms with Gasteiger partial charge in [-0.2, -0.15) is 0 Å². The lowest BCUT2D eigenvalue weighted by Gasteiger charge is -2.25. The number of ketones is 1. The van der Waals surface area contributed by atoms with Crippen LogP contribution in [0.3, 0.4) is 0 Å². The van der Waals surface area contributed by atoms with Crippen molar-refractivity contribution in [3.05, 3.63) is 99.5 Å². The third kappa shape index (κ3) is 4.70. The summed E-state index contributed by atoms with van der Waals surface area (Å²) in [6.45, 7) is 2.62. The fourth-order valence-corrected chi connectivity index (χ4v) is 4.26. The minimum atomic E-state index is -0.749. The number of hydrogen-bond donors (Lipinski definition) is 1. The zero-order chi connectivity index (χ0) is 24.2. The summed E-state index contributed by atoms with van der Waals surface area (Å²) in [6, 6.07) is 20.7. The zero-order valence-corrected chi connectivity index (χ0v) is 20.4. The van der Waals surface area contributed by atoms with E-state index in [-0.39, 0.29) is 17.9 Å². The molecule has 1 unspecified atom stereocenters. The van der Waals surface area contributed by atoms with Gasteiger partial charge >= 0.3 is 0 Å². The van der Waals surface area contributed by atoms with Gasteiger partial charge in [0.2, 0.25) is 0 Å². The fourth-order valence-electron chi connectivity index (χ4n) is 3.99. The Morgan fingerprint density at radius 1 is 0.941 bits per heavy atom. The maximum atomic E-state index is 13.2. The molecular weight excluding hydrogens is 498 g/mol. The number of benzene rings is 3. The van der Waals surface area contributed by atoms with Crippen LogP contribution >= 0.6 is 15.9 Å². The number of likely N-dealkylation sites (tertiary alicyclic amines) is 1. The van der Waals surface area contributed by atoms with Gasteiger partial charge in [-0.05, 0) is 54.4 Å². The van der Waals surface area contributed by atoms with Crippen LogP contribution in [-0.2, 0) is 16.1 Å². The SMILES string of the molecule is CCOc1ccc(C2/C(=C(/O)c3ccc(Br)cc3)C(=O)C(=O)N2Cc2ccc(OC)cc2)cc1. The number of Topliss-reactive ketones (excluding diaryl/α,β-unsaturated/α-hetero) is 1. The molecule has 1 atom stereocenters. The minimum absolute atomic E-state index is 0.0602. The number of rotatable bonds is 7. The van der Waals surface area contributed by atoms with Crippen LogP contribution in [-0.4, -0.2) is 35.4 Å². The van der Waals surface area contributed by atoms with Gasteiger partial charge in [0, 0.05) is 16.6 Å². The number of nitrogens with zero attached hydrogens (tertiary/aromatic N) is 1. The topological polar surface area (TPSA) is 76.1 Å². The average molecular weight is 522 g/mol.